The second-order valence-corrected chi connectivity index (χ2v) is 5.32. The topological polar surface area (TPSA) is 46.3 Å². The van der Waals surface area contributed by atoms with Gasteiger partial charge in [-0.05, 0) is 31.4 Å². The van der Waals surface area contributed by atoms with Gasteiger partial charge in [0.25, 0.3) is 0 Å². The highest BCUT2D eigenvalue weighted by molar-refractivity contribution is 5.77. The monoisotopic (exact) mass is 270 g/mol. The number of nitrogens with zero attached hydrogens (tertiary/aromatic N) is 2. The number of amides is 1. The Morgan fingerprint density at radius 3 is 2.65 bits per heavy atom. The smallest absolute Gasteiger partial charge is 0.223 e. The van der Waals surface area contributed by atoms with Crippen molar-refractivity contribution in [2.75, 3.05) is 0 Å². The molecule has 1 aliphatic rings. The molecule has 0 radical (unpaired) electrons. The van der Waals surface area contributed by atoms with E-state index in [1.54, 1.807) is 0 Å². The Kier molecular flexibility index (Phi) is 3.30. The molecule has 1 aromatic heterocycles. The fourth-order valence-corrected chi connectivity index (χ4v) is 2.71. The summed E-state index contributed by atoms with van der Waals surface area (Å²) in [7, 11) is 0. The summed E-state index contributed by atoms with van der Waals surface area (Å²) in [4.78, 5) is 14.2. The minimum absolute atomic E-state index is 0.196. The molecule has 0 saturated carbocycles. The van der Waals surface area contributed by atoms with E-state index >= 15 is 0 Å². The lowest BCUT2D eigenvalue weighted by atomic mass is 10.0. The number of hydrogen-bond donors (Lipinski definition) is 0. The Labute approximate surface area is 118 Å². The molecule has 0 bridgehead atoms. The van der Waals surface area contributed by atoms with Gasteiger partial charge in [0, 0.05) is 18.5 Å². The molecular formula is C16H18N2O2. The van der Waals surface area contributed by atoms with Crippen LogP contribution in [0.5, 0.6) is 0 Å². The first-order valence-electron chi connectivity index (χ1n) is 6.91. The first kappa shape index (κ1) is 12.9. The molecule has 0 aliphatic carbocycles. The van der Waals surface area contributed by atoms with Gasteiger partial charge < -0.3 is 9.42 Å². The molecule has 0 atom stereocenters. The lowest BCUT2D eigenvalue weighted by Crippen LogP contribution is -2.29. The highest BCUT2D eigenvalue weighted by atomic mass is 16.5. The molecule has 2 aromatic rings. The van der Waals surface area contributed by atoms with Crippen LogP contribution in [0.3, 0.4) is 0 Å². The molecule has 1 amide bonds. The molecule has 4 nitrogen and oxygen atoms in total. The minimum atomic E-state index is 0.196. The molecule has 104 valence electrons. The zero-order chi connectivity index (χ0) is 14.1. The number of aromatic nitrogens is 1. The van der Waals surface area contributed by atoms with Gasteiger partial charge in [-0.2, -0.15) is 0 Å². The van der Waals surface area contributed by atoms with E-state index in [9.17, 15) is 4.79 Å². The van der Waals surface area contributed by atoms with Gasteiger partial charge in [-0.3, -0.25) is 4.79 Å². The Balaban J connectivity index is 1.88. The summed E-state index contributed by atoms with van der Waals surface area (Å²) in [6.45, 7) is 5.06. The van der Waals surface area contributed by atoms with Crippen molar-refractivity contribution in [3.8, 4) is 0 Å². The molecule has 0 N–H and O–H groups in total. The molecule has 0 fully saturated rings. The van der Waals surface area contributed by atoms with Crippen molar-refractivity contribution >= 4 is 5.91 Å². The third-order valence-electron chi connectivity index (χ3n) is 3.97. The van der Waals surface area contributed by atoms with Crippen molar-refractivity contribution in [1.29, 1.82) is 0 Å². The number of benzene rings is 1. The Bertz CT molecular complexity index is 626. The van der Waals surface area contributed by atoms with Crippen LogP contribution < -0.4 is 0 Å². The fraction of sp³-hybridized carbons (Fsp3) is 0.375. The number of hydrogen-bond acceptors (Lipinski definition) is 3. The van der Waals surface area contributed by atoms with E-state index in [4.69, 9.17) is 4.52 Å². The first-order chi connectivity index (χ1) is 9.65. The molecule has 3 rings (SSSR count). The van der Waals surface area contributed by atoms with E-state index in [0.29, 0.717) is 19.5 Å². The number of rotatable bonds is 2. The van der Waals surface area contributed by atoms with Gasteiger partial charge in [0.1, 0.15) is 5.76 Å². The maximum Gasteiger partial charge on any atom is 0.223 e. The third kappa shape index (κ3) is 2.33. The Morgan fingerprint density at radius 2 is 1.95 bits per heavy atom. The molecular weight excluding hydrogens is 252 g/mol. The number of carbonyl (C=O) groups is 1. The average molecular weight is 270 g/mol. The van der Waals surface area contributed by atoms with Gasteiger partial charge in [0.05, 0.1) is 12.2 Å². The van der Waals surface area contributed by atoms with Gasteiger partial charge >= 0.3 is 0 Å². The minimum Gasteiger partial charge on any atom is -0.361 e. The maximum atomic E-state index is 12.3. The van der Waals surface area contributed by atoms with Gasteiger partial charge in [-0.25, -0.2) is 0 Å². The molecule has 2 heterocycles. The predicted octanol–water partition coefficient (Wildman–Crippen LogP) is 2.77. The Hall–Kier alpha value is -2.10. The van der Waals surface area contributed by atoms with Crippen LogP contribution in [0.15, 0.2) is 28.8 Å². The number of fused-ring (bicyclic) bond motifs is 1. The third-order valence-corrected chi connectivity index (χ3v) is 3.97. The molecule has 0 spiro atoms. The fourth-order valence-electron chi connectivity index (χ4n) is 2.71. The second kappa shape index (κ2) is 5.12. The van der Waals surface area contributed by atoms with Gasteiger partial charge in [-0.1, -0.05) is 29.4 Å². The lowest BCUT2D eigenvalue weighted by molar-refractivity contribution is -0.132. The summed E-state index contributed by atoms with van der Waals surface area (Å²) in [5.41, 5.74) is 4.41. The summed E-state index contributed by atoms with van der Waals surface area (Å²) >= 11 is 0. The number of aryl methyl sites for hydroxylation is 3. The van der Waals surface area contributed by atoms with Crippen LogP contribution in [0, 0.1) is 13.8 Å². The molecule has 0 unspecified atom stereocenters. The second-order valence-electron chi connectivity index (χ2n) is 5.32. The van der Waals surface area contributed by atoms with Gasteiger partial charge in [-0.15, -0.1) is 0 Å². The van der Waals surface area contributed by atoms with Crippen molar-refractivity contribution in [3.63, 3.8) is 0 Å². The van der Waals surface area contributed by atoms with Crippen LogP contribution >= 0.6 is 0 Å². The molecule has 1 aromatic carbocycles. The predicted molar refractivity (Wildman–Crippen MR) is 75.0 cm³/mol. The Morgan fingerprint density at radius 1 is 1.20 bits per heavy atom. The van der Waals surface area contributed by atoms with E-state index in [2.05, 4.69) is 17.3 Å². The van der Waals surface area contributed by atoms with E-state index in [0.717, 1.165) is 23.4 Å². The first-order valence-corrected chi connectivity index (χ1v) is 6.91. The summed E-state index contributed by atoms with van der Waals surface area (Å²) in [6, 6.07) is 8.28. The highest BCUT2D eigenvalue weighted by Crippen LogP contribution is 2.22. The van der Waals surface area contributed by atoms with Crippen molar-refractivity contribution in [2.24, 2.45) is 0 Å². The number of carbonyl (C=O) groups excluding carboxylic acids is 1. The zero-order valence-electron chi connectivity index (χ0n) is 11.8. The lowest BCUT2D eigenvalue weighted by Gasteiger charge is -2.21. The quantitative estimate of drug-likeness (QED) is 0.843. The van der Waals surface area contributed by atoms with Crippen LogP contribution in [0.4, 0.5) is 0 Å². The summed E-state index contributed by atoms with van der Waals surface area (Å²) in [5.74, 6) is 0.994. The standard InChI is InChI=1S/C16H18N2O2/c1-11-15(12(2)20-17-11)10-18-9-14-6-4-3-5-13(14)7-8-16(18)19/h3-6H,7-10H2,1-2H3. The summed E-state index contributed by atoms with van der Waals surface area (Å²) in [6.07, 6.45) is 1.40. The van der Waals surface area contributed by atoms with Crippen LogP contribution in [-0.2, 0) is 24.3 Å². The van der Waals surface area contributed by atoms with E-state index in [1.807, 2.05) is 30.9 Å². The van der Waals surface area contributed by atoms with Crippen LogP contribution in [-0.4, -0.2) is 16.0 Å². The maximum absolute atomic E-state index is 12.3. The van der Waals surface area contributed by atoms with Crippen LogP contribution in [0.2, 0.25) is 0 Å². The van der Waals surface area contributed by atoms with Crippen LogP contribution in [0.25, 0.3) is 0 Å². The van der Waals surface area contributed by atoms with E-state index in [-0.39, 0.29) is 5.91 Å². The van der Waals surface area contributed by atoms with Crippen molar-refractivity contribution in [2.45, 2.75) is 39.8 Å². The molecule has 20 heavy (non-hydrogen) atoms. The van der Waals surface area contributed by atoms with Crippen molar-refractivity contribution in [1.82, 2.24) is 10.1 Å². The van der Waals surface area contributed by atoms with Gasteiger partial charge in [0.15, 0.2) is 0 Å². The molecule has 4 heteroatoms. The average Bonchev–Trinajstić information content (AvgIpc) is 2.68. The molecule has 1 aliphatic heterocycles. The zero-order valence-corrected chi connectivity index (χ0v) is 11.8. The van der Waals surface area contributed by atoms with Gasteiger partial charge in [0.2, 0.25) is 5.91 Å². The van der Waals surface area contributed by atoms with Crippen LogP contribution in [0.1, 0.15) is 34.6 Å². The normalized spacial score (nSPS) is 15.1. The van der Waals surface area contributed by atoms with Crippen molar-refractivity contribution in [3.05, 3.63) is 52.4 Å². The van der Waals surface area contributed by atoms with E-state index < -0.39 is 0 Å². The SMILES string of the molecule is Cc1noc(C)c1CN1Cc2ccccc2CCC1=O. The summed E-state index contributed by atoms with van der Waals surface area (Å²) < 4.78 is 5.18. The highest BCUT2D eigenvalue weighted by Gasteiger charge is 2.22. The van der Waals surface area contributed by atoms with Crippen molar-refractivity contribution < 1.29 is 9.32 Å². The summed E-state index contributed by atoms with van der Waals surface area (Å²) in [5, 5.41) is 3.96. The van der Waals surface area contributed by atoms with E-state index in [1.165, 1.54) is 11.1 Å². The molecule has 0 saturated heterocycles. The largest absolute Gasteiger partial charge is 0.361 e.